The summed E-state index contributed by atoms with van der Waals surface area (Å²) in [4.78, 5) is 0. The summed E-state index contributed by atoms with van der Waals surface area (Å²) in [5.41, 5.74) is -0.0490. The molecule has 1 atom stereocenters. The Morgan fingerprint density at radius 3 is 2.13 bits per heavy atom. The Bertz CT molecular complexity index is 359. The van der Waals surface area contributed by atoms with Crippen LogP contribution in [0.2, 0.25) is 0 Å². The van der Waals surface area contributed by atoms with Gasteiger partial charge in [-0.15, -0.1) is 0 Å². The van der Waals surface area contributed by atoms with E-state index in [0.717, 1.165) is 12.1 Å². The standard InChI is InChI=1S/C11H10F3N/c1-2-8(7-15)9-3-5-10(6-4-9)11(12,13)14/h3-6,8H,2H2,1H3/t8-/m0/s1. The van der Waals surface area contributed by atoms with Crippen LogP contribution in [0.25, 0.3) is 0 Å². The smallest absolute Gasteiger partial charge is 0.198 e. The van der Waals surface area contributed by atoms with Crippen molar-refractivity contribution in [3.63, 3.8) is 0 Å². The van der Waals surface area contributed by atoms with E-state index < -0.39 is 11.7 Å². The van der Waals surface area contributed by atoms with Crippen LogP contribution in [0, 0.1) is 11.3 Å². The lowest BCUT2D eigenvalue weighted by molar-refractivity contribution is -0.137. The van der Waals surface area contributed by atoms with Crippen molar-refractivity contribution in [2.45, 2.75) is 25.4 Å². The predicted molar refractivity (Wildman–Crippen MR) is 50.1 cm³/mol. The highest BCUT2D eigenvalue weighted by Gasteiger charge is 2.30. The summed E-state index contributed by atoms with van der Waals surface area (Å²) in [6.07, 6.45) is -3.71. The minimum absolute atomic E-state index is 0.327. The molecule has 0 aromatic heterocycles. The number of alkyl halides is 3. The van der Waals surface area contributed by atoms with E-state index in [-0.39, 0.29) is 5.92 Å². The first-order valence-corrected chi connectivity index (χ1v) is 4.55. The van der Waals surface area contributed by atoms with E-state index in [4.69, 9.17) is 5.26 Å². The minimum Gasteiger partial charge on any atom is -0.198 e. The largest absolute Gasteiger partial charge is 0.416 e. The third-order valence-corrected chi connectivity index (χ3v) is 2.20. The van der Waals surface area contributed by atoms with Crippen LogP contribution in [-0.2, 0) is 6.18 Å². The van der Waals surface area contributed by atoms with Gasteiger partial charge < -0.3 is 0 Å². The Morgan fingerprint density at radius 1 is 1.27 bits per heavy atom. The lowest BCUT2D eigenvalue weighted by atomic mass is 9.97. The highest BCUT2D eigenvalue weighted by molar-refractivity contribution is 5.29. The zero-order valence-electron chi connectivity index (χ0n) is 8.17. The molecule has 0 fully saturated rings. The van der Waals surface area contributed by atoms with Crippen LogP contribution in [0.4, 0.5) is 13.2 Å². The van der Waals surface area contributed by atoms with Crippen molar-refractivity contribution in [1.29, 1.82) is 5.26 Å². The van der Waals surface area contributed by atoms with Crippen LogP contribution in [-0.4, -0.2) is 0 Å². The van der Waals surface area contributed by atoms with E-state index in [1.165, 1.54) is 12.1 Å². The second kappa shape index (κ2) is 4.35. The van der Waals surface area contributed by atoms with Crippen LogP contribution in [0.15, 0.2) is 24.3 Å². The van der Waals surface area contributed by atoms with Gasteiger partial charge in [-0.1, -0.05) is 19.1 Å². The van der Waals surface area contributed by atoms with Crippen molar-refractivity contribution in [2.75, 3.05) is 0 Å². The van der Waals surface area contributed by atoms with Crippen molar-refractivity contribution in [2.24, 2.45) is 0 Å². The normalized spacial score (nSPS) is 13.3. The number of benzene rings is 1. The van der Waals surface area contributed by atoms with Gasteiger partial charge in [0, 0.05) is 0 Å². The maximum atomic E-state index is 12.2. The predicted octanol–water partition coefficient (Wildman–Crippen LogP) is 3.72. The molecule has 80 valence electrons. The third-order valence-electron chi connectivity index (χ3n) is 2.20. The second-order valence-corrected chi connectivity index (χ2v) is 3.21. The van der Waals surface area contributed by atoms with Crippen LogP contribution < -0.4 is 0 Å². The molecule has 0 aliphatic carbocycles. The fourth-order valence-electron chi connectivity index (χ4n) is 1.31. The van der Waals surface area contributed by atoms with Gasteiger partial charge in [-0.2, -0.15) is 18.4 Å². The molecule has 0 unspecified atom stereocenters. The van der Waals surface area contributed by atoms with Crippen molar-refractivity contribution in [1.82, 2.24) is 0 Å². The first-order chi connectivity index (χ1) is 6.99. The summed E-state index contributed by atoms with van der Waals surface area (Å²) in [6, 6.07) is 6.79. The quantitative estimate of drug-likeness (QED) is 0.734. The van der Waals surface area contributed by atoms with Gasteiger partial charge in [0.05, 0.1) is 17.6 Å². The summed E-state index contributed by atoms with van der Waals surface area (Å²) < 4.78 is 36.7. The molecule has 0 N–H and O–H groups in total. The molecule has 0 spiro atoms. The lowest BCUT2D eigenvalue weighted by Crippen LogP contribution is -2.05. The van der Waals surface area contributed by atoms with Crippen molar-refractivity contribution in [3.05, 3.63) is 35.4 Å². The van der Waals surface area contributed by atoms with Crippen molar-refractivity contribution >= 4 is 0 Å². The summed E-state index contributed by atoms with van der Waals surface area (Å²) >= 11 is 0. The topological polar surface area (TPSA) is 23.8 Å². The fourth-order valence-corrected chi connectivity index (χ4v) is 1.31. The fraction of sp³-hybridized carbons (Fsp3) is 0.364. The molecule has 0 saturated heterocycles. The van der Waals surface area contributed by atoms with Crippen LogP contribution in [0.5, 0.6) is 0 Å². The summed E-state index contributed by atoms with van der Waals surface area (Å²) in [7, 11) is 0. The Hall–Kier alpha value is -1.50. The Kier molecular flexibility index (Phi) is 3.35. The van der Waals surface area contributed by atoms with Gasteiger partial charge in [-0.3, -0.25) is 0 Å². The Balaban J connectivity index is 2.96. The van der Waals surface area contributed by atoms with E-state index in [0.29, 0.717) is 12.0 Å². The molecule has 4 heteroatoms. The van der Waals surface area contributed by atoms with Crippen LogP contribution >= 0.6 is 0 Å². The molecule has 15 heavy (non-hydrogen) atoms. The molecule has 0 saturated carbocycles. The molecule has 0 aliphatic heterocycles. The van der Waals surface area contributed by atoms with E-state index in [9.17, 15) is 13.2 Å². The molecule has 0 bridgehead atoms. The average Bonchev–Trinajstić information content (AvgIpc) is 2.19. The van der Waals surface area contributed by atoms with Gasteiger partial charge in [0.2, 0.25) is 0 Å². The summed E-state index contributed by atoms with van der Waals surface area (Å²) in [5, 5.41) is 8.74. The Morgan fingerprint density at radius 2 is 1.80 bits per heavy atom. The highest BCUT2D eigenvalue weighted by Crippen LogP contribution is 2.30. The molecule has 1 aromatic rings. The molecule has 0 heterocycles. The molecule has 0 amide bonds. The average molecular weight is 213 g/mol. The summed E-state index contributed by atoms with van der Waals surface area (Å²) in [6.45, 7) is 1.82. The number of nitrogens with zero attached hydrogens (tertiary/aromatic N) is 1. The lowest BCUT2D eigenvalue weighted by Gasteiger charge is -2.09. The van der Waals surface area contributed by atoms with Crippen LogP contribution in [0.1, 0.15) is 30.4 Å². The van der Waals surface area contributed by atoms with Crippen LogP contribution in [0.3, 0.4) is 0 Å². The molecule has 1 aromatic carbocycles. The molecule has 0 aliphatic rings. The monoisotopic (exact) mass is 213 g/mol. The molecule has 0 radical (unpaired) electrons. The number of rotatable bonds is 2. The zero-order chi connectivity index (χ0) is 11.5. The van der Waals surface area contributed by atoms with Crippen molar-refractivity contribution in [3.8, 4) is 6.07 Å². The van der Waals surface area contributed by atoms with E-state index in [2.05, 4.69) is 0 Å². The van der Waals surface area contributed by atoms with Gasteiger partial charge in [0.25, 0.3) is 0 Å². The second-order valence-electron chi connectivity index (χ2n) is 3.21. The maximum absolute atomic E-state index is 12.2. The third kappa shape index (κ3) is 2.72. The first-order valence-electron chi connectivity index (χ1n) is 4.55. The Labute approximate surface area is 86.1 Å². The highest BCUT2D eigenvalue weighted by atomic mass is 19.4. The molecule has 1 rings (SSSR count). The van der Waals surface area contributed by atoms with Gasteiger partial charge in [-0.25, -0.2) is 0 Å². The van der Waals surface area contributed by atoms with Gasteiger partial charge in [0.1, 0.15) is 0 Å². The maximum Gasteiger partial charge on any atom is 0.416 e. The number of hydrogen-bond acceptors (Lipinski definition) is 1. The molecular weight excluding hydrogens is 203 g/mol. The SMILES string of the molecule is CC[C@@H](C#N)c1ccc(C(F)(F)F)cc1. The van der Waals surface area contributed by atoms with Gasteiger partial charge in [0.15, 0.2) is 0 Å². The van der Waals surface area contributed by atoms with E-state index in [1.807, 2.05) is 13.0 Å². The minimum atomic E-state index is -4.31. The van der Waals surface area contributed by atoms with Gasteiger partial charge >= 0.3 is 6.18 Å². The number of nitriles is 1. The van der Waals surface area contributed by atoms with Gasteiger partial charge in [-0.05, 0) is 24.1 Å². The van der Waals surface area contributed by atoms with Crippen molar-refractivity contribution < 1.29 is 13.2 Å². The molecular formula is C11H10F3N. The zero-order valence-corrected chi connectivity index (χ0v) is 8.17. The number of hydrogen-bond donors (Lipinski definition) is 0. The summed E-state index contributed by atoms with van der Waals surface area (Å²) in [5.74, 6) is -0.327. The first kappa shape index (κ1) is 11.6. The van der Waals surface area contributed by atoms with E-state index in [1.54, 1.807) is 0 Å². The molecule has 1 nitrogen and oxygen atoms in total. The van der Waals surface area contributed by atoms with E-state index >= 15 is 0 Å². The number of halogens is 3.